The minimum atomic E-state index is 1.07. The molecule has 0 fully saturated rings. The van der Waals surface area contributed by atoms with Crippen LogP contribution >= 0.6 is 0 Å². The van der Waals surface area contributed by atoms with E-state index >= 15 is 0 Å². The summed E-state index contributed by atoms with van der Waals surface area (Å²) in [5.74, 6) is 0. The number of hydrogen-bond donors (Lipinski definition) is 1. The molecule has 1 aliphatic carbocycles. The molecule has 1 N–H and O–H groups in total. The smallest absolute Gasteiger partial charge is 0.0558 e. The van der Waals surface area contributed by atoms with E-state index in [2.05, 4.69) is 101 Å². The number of benzene rings is 4. The van der Waals surface area contributed by atoms with Crippen LogP contribution in [0.4, 0.5) is 0 Å². The summed E-state index contributed by atoms with van der Waals surface area (Å²) in [4.78, 5) is 3.74. The second-order valence-electron chi connectivity index (χ2n) is 8.23. The van der Waals surface area contributed by atoms with Crippen molar-refractivity contribution in [3.8, 4) is 0 Å². The maximum Gasteiger partial charge on any atom is 0.0558 e. The van der Waals surface area contributed by atoms with Crippen molar-refractivity contribution in [3.05, 3.63) is 91.0 Å². The fourth-order valence-corrected chi connectivity index (χ4v) is 5.19. The lowest BCUT2D eigenvalue weighted by Crippen LogP contribution is -1.98. The Kier molecular flexibility index (Phi) is 4.39. The zero-order valence-corrected chi connectivity index (χ0v) is 18.5. The Hall–Kier alpha value is -3.78. The summed E-state index contributed by atoms with van der Waals surface area (Å²) < 4.78 is 2.46. The van der Waals surface area contributed by atoms with Crippen LogP contribution in [0, 0.1) is 0 Å². The second kappa shape index (κ2) is 7.42. The van der Waals surface area contributed by atoms with Crippen molar-refractivity contribution >= 4 is 60.1 Å². The molecule has 4 aromatic carbocycles. The molecule has 2 nitrogen and oxygen atoms in total. The van der Waals surface area contributed by atoms with E-state index in [0.717, 1.165) is 12.8 Å². The van der Waals surface area contributed by atoms with Gasteiger partial charge in [0.2, 0.25) is 0 Å². The maximum absolute atomic E-state index is 3.74. The maximum atomic E-state index is 3.74. The molecule has 2 heteroatoms. The molecular formula is C30H26N2. The second-order valence-corrected chi connectivity index (χ2v) is 8.23. The zero-order chi connectivity index (χ0) is 21.7. The minimum absolute atomic E-state index is 1.07. The van der Waals surface area contributed by atoms with Crippen LogP contribution in [0.2, 0.25) is 0 Å². The summed E-state index contributed by atoms with van der Waals surface area (Å²) in [6, 6.07) is 26.6. The highest BCUT2D eigenvalue weighted by molar-refractivity contribution is 6.22. The number of fused-ring (bicyclic) bond motifs is 8. The van der Waals surface area contributed by atoms with E-state index in [1.807, 2.05) is 13.8 Å². The third-order valence-electron chi connectivity index (χ3n) is 6.57. The fraction of sp³-hybridized carbons (Fsp3) is 0.133. The predicted octanol–water partition coefficient (Wildman–Crippen LogP) is 8.80. The molecule has 6 aromatic rings. The molecule has 156 valence electrons. The Morgan fingerprint density at radius 2 is 1.53 bits per heavy atom. The van der Waals surface area contributed by atoms with Crippen molar-refractivity contribution in [3.63, 3.8) is 0 Å². The summed E-state index contributed by atoms with van der Waals surface area (Å²) in [7, 11) is 0. The van der Waals surface area contributed by atoms with Gasteiger partial charge < -0.3 is 9.55 Å². The van der Waals surface area contributed by atoms with E-state index in [1.165, 1.54) is 60.1 Å². The van der Waals surface area contributed by atoms with Crippen molar-refractivity contribution in [2.75, 3.05) is 0 Å². The molecule has 0 amide bonds. The van der Waals surface area contributed by atoms with Gasteiger partial charge in [0, 0.05) is 38.1 Å². The van der Waals surface area contributed by atoms with Crippen LogP contribution < -0.4 is 0 Å². The van der Waals surface area contributed by atoms with Crippen LogP contribution in [0.25, 0.3) is 60.1 Å². The molecule has 0 bridgehead atoms. The number of rotatable bonds is 1. The predicted molar refractivity (Wildman–Crippen MR) is 140 cm³/mol. The summed E-state index contributed by atoms with van der Waals surface area (Å²) in [5, 5.41) is 7.78. The van der Waals surface area contributed by atoms with Gasteiger partial charge in [0.1, 0.15) is 0 Å². The van der Waals surface area contributed by atoms with Crippen LogP contribution in [0.3, 0.4) is 0 Å². The zero-order valence-electron chi connectivity index (χ0n) is 18.5. The van der Waals surface area contributed by atoms with Gasteiger partial charge in [-0.2, -0.15) is 0 Å². The third kappa shape index (κ3) is 2.66. The van der Waals surface area contributed by atoms with E-state index in [1.54, 1.807) is 0 Å². The molecule has 0 unspecified atom stereocenters. The SMILES string of the molecule is C1=CCCC(n2c3ccccc3c3cc4c(cc32)[nH]c2c3ccccc3ccc42)=C1.CC. The van der Waals surface area contributed by atoms with E-state index in [-0.39, 0.29) is 0 Å². The Morgan fingerprint density at radius 3 is 2.38 bits per heavy atom. The monoisotopic (exact) mass is 414 g/mol. The Labute approximate surface area is 187 Å². The first-order chi connectivity index (χ1) is 15.9. The Balaban J connectivity index is 0.000000953. The van der Waals surface area contributed by atoms with Gasteiger partial charge in [-0.3, -0.25) is 0 Å². The highest BCUT2D eigenvalue weighted by Crippen LogP contribution is 2.39. The largest absolute Gasteiger partial charge is 0.354 e. The Bertz CT molecular complexity index is 1690. The quantitative estimate of drug-likeness (QED) is 0.277. The van der Waals surface area contributed by atoms with Crippen molar-refractivity contribution in [1.82, 2.24) is 9.55 Å². The molecule has 0 spiro atoms. The number of hydrogen-bond acceptors (Lipinski definition) is 0. The molecule has 0 atom stereocenters. The summed E-state index contributed by atoms with van der Waals surface area (Å²) >= 11 is 0. The van der Waals surface area contributed by atoms with Crippen LogP contribution in [-0.4, -0.2) is 9.55 Å². The molecule has 32 heavy (non-hydrogen) atoms. The van der Waals surface area contributed by atoms with Gasteiger partial charge in [0.15, 0.2) is 0 Å². The number of nitrogens with one attached hydrogen (secondary N) is 1. The highest BCUT2D eigenvalue weighted by atomic mass is 15.0. The number of para-hydroxylation sites is 1. The lowest BCUT2D eigenvalue weighted by molar-refractivity contribution is 0.979. The number of aromatic amines is 1. The van der Waals surface area contributed by atoms with E-state index in [0.29, 0.717) is 0 Å². The molecule has 2 aromatic heterocycles. The lowest BCUT2D eigenvalue weighted by atomic mass is 10.0. The Morgan fingerprint density at radius 1 is 0.719 bits per heavy atom. The third-order valence-corrected chi connectivity index (χ3v) is 6.57. The van der Waals surface area contributed by atoms with Gasteiger partial charge >= 0.3 is 0 Å². The average Bonchev–Trinajstić information content (AvgIpc) is 3.39. The van der Waals surface area contributed by atoms with Gasteiger partial charge in [-0.1, -0.05) is 80.6 Å². The van der Waals surface area contributed by atoms with Crippen molar-refractivity contribution in [2.45, 2.75) is 26.7 Å². The van der Waals surface area contributed by atoms with Gasteiger partial charge in [0.25, 0.3) is 0 Å². The van der Waals surface area contributed by atoms with Crippen molar-refractivity contribution in [2.24, 2.45) is 0 Å². The molecule has 2 heterocycles. The molecular weight excluding hydrogens is 388 g/mol. The normalized spacial score (nSPS) is 13.8. The summed E-state index contributed by atoms with van der Waals surface area (Å²) in [6.07, 6.45) is 8.86. The number of aromatic nitrogens is 2. The molecule has 0 radical (unpaired) electrons. The van der Waals surface area contributed by atoms with Gasteiger partial charge in [-0.05, 0) is 42.5 Å². The highest BCUT2D eigenvalue weighted by Gasteiger charge is 2.17. The number of H-pyrrole nitrogens is 1. The summed E-state index contributed by atoms with van der Waals surface area (Å²) in [5.41, 5.74) is 6.36. The molecule has 1 aliphatic rings. The average molecular weight is 415 g/mol. The van der Waals surface area contributed by atoms with E-state index in [4.69, 9.17) is 0 Å². The number of allylic oxidation sites excluding steroid dienone is 4. The van der Waals surface area contributed by atoms with Crippen LogP contribution in [0.1, 0.15) is 26.7 Å². The van der Waals surface area contributed by atoms with Crippen molar-refractivity contribution in [1.29, 1.82) is 0 Å². The van der Waals surface area contributed by atoms with Crippen molar-refractivity contribution < 1.29 is 0 Å². The first-order valence-corrected chi connectivity index (χ1v) is 11.6. The molecule has 0 aliphatic heterocycles. The van der Waals surface area contributed by atoms with Gasteiger partial charge in [-0.25, -0.2) is 0 Å². The standard InChI is InChI=1S/C28H20N2.C2H6/c1-2-9-19(10-3-1)30-26-13-7-6-12-21(26)24-16-23-22-15-14-18-8-4-5-11-20(18)28(22)29-25(23)17-27(24)30;1-2/h1-2,4-9,11-17,29H,3,10H2;1-2H3. The first-order valence-electron chi connectivity index (χ1n) is 11.6. The van der Waals surface area contributed by atoms with Crippen LogP contribution in [0.5, 0.6) is 0 Å². The number of nitrogens with zero attached hydrogens (tertiary/aromatic N) is 1. The minimum Gasteiger partial charge on any atom is -0.354 e. The molecule has 7 rings (SSSR count). The van der Waals surface area contributed by atoms with Gasteiger partial charge in [-0.15, -0.1) is 0 Å². The van der Waals surface area contributed by atoms with Crippen LogP contribution in [-0.2, 0) is 0 Å². The fourth-order valence-electron chi connectivity index (χ4n) is 5.19. The topological polar surface area (TPSA) is 20.7 Å². The lowest BCUT2D eigenvalue weighted by Gasteiger charge is -2.13. The summed E-state index contributed by atoms with van der Waals surface area (Å²) in [6.45, 7) is 4.00. The van der Waals surface area contributed by atoms with E-state index < -0.39 is 0 Å². The van der Waals surface area contributed by atoms with Gasteiger partial charge in [0.05, 0.1) is 16.6 Å². The van der Waals surface area contributed by atoms with E-state index in [9.17, 15) is 0 Å². The first kappa shape index (κ1) is 18.9. The molecule has 0 saturated heterocycles. The molecule has 0 saturated carbocycles. The van der Waals surface area contributed by atoms with Crippen LogP contribution in [0.15, 0.2) is 91.0 Å².